The number of allylic oxidation sites excluding steroid dienone is 1. The molecule has 1 saturated carbocycles. The first-order chi connectivity index (χ1) is 16.8. The number of likely N-dealkylation sites (N-methyl/N-ethyl adjacent to an activating group) is 1. The van der Waals surface area contributed by atoms with Gasteiger partial charge < -0.3 is 26.0 Å². The minimum absolute atomic E-state index is 0.0111. The number of nitrogens with zero attached hydrogens (tertiary/aromatic N) is 2. The molecule has 3 unspecified atom stereocenters. The lowest BCUT2D eigenvalue weighted by Crippen LogP contribution is -2.55. The third kappa shape index (κ3) is 3.50. The highest BCUT2D eigenvalue weighted by atomic mass is 16.3. The smallest absolute Gasteiger partial charge is 0.255 e. The lowest BCUT2D eigenvalue weighted by molar-refractivity contribution is -0.136. The number of hydrogen-bond acceptors (Lipinski definition) is 9. The molecule has 4 atom stereocenters. The summed E-state index contributed by atoms with van der Waals surface area (Å²) in [5.41, 5.74) is 6.03. The standard InChI is InChI=1S/C26H31N3O7/c1-6-15(30)12-9-14(28(2)3)11-7-10-8-13-18(23(33)16(10)22(32)17(11)21(12)31)24(34)19(26(27)36)25(35)20(13)29(4)5/h9-10,13,18,20,31-32,35H,6-8H2,1-5H3,(H2,27,36)/t10?,13?,18?,20-/m0/s1. The average molecular weight is 498 g/mol. The van der Waals surface area contributed by atoms with Gasteiger partial charge in [0.05, 0.1) is 23.1 Å². The molecule has 0 bridgehead atoms. The van der Waals surface area contributed by atoms with Crippen LogP contribution < -0.4 is 10.6 Å². The molecule has 1 aromatic rings. The number of aliphatic hydroxyl groups excluding tert-OH is 2. The van der Waals surface area contributed by atoms with Crippen LogP contribution in [0.4, 0.5) is 5.69 Å². The van der Waals surface area contributed by atoms with Crippen molar-refractivity contribution in [1.29, 1.82) is 0 Å². The van der Waals surface area contributed by atoms with E-state index in [0.717, 1.165) is 0 Å². The number of aliphatic hydroxyl groups is 2. The molecule has 3 aliphatic carbocycles. The summed E-state index contributed by atoms with van der Waals surface area (Å²) in [5.74, 6) is -6.78. The van der Waals surface area contributed by atoms with E-state index in [0.29, 0.717) is 11.3 Å². The normalized spacial score (nSPS) is 25.5. The van der Waals surface area contributed by atoms with Crippen molar-refractivity contribution < 1.29 is 34.5 Å². The van der Waals surface area contributed by atoms with Crippen LogP contribution in [0.5, 0.6) is 5.75 Å². The fourth-order valence-electron chi connectivity index (χ4n) is 6.12. The van der Waals surface area contributed by atoms with Crippen LogP contribution in [0.1, 0.15) is 41.3 Å². The van der Waals surface area contributed by atoms with Gasteiger partial charge >= 0.3 is 0 Å². The maximum Gasteiger partial charge on any atom is 0.255 e. The van der Waals surface area contributed by atoms with Crippen molar-refractivity contribution >= 4 is 34.7 Å². The monoisotopic (exact) mass is 497 g/mol. The third-order valence-electron chi connectivity index (χ3n) is 7.64. The molecule has 10 nitrogen and oxygen atoms in total. The van der Waals surface area contributed by atoms with Gasteiger partial charge in [-0.3, -0.25) is 24.1 Å². The fourth-order valence-corrected chi connectivity index (χ4v) is 6.12. The summed E-state index contributed by atoms with van der Waals surface area (Å²) in [6.07, 6.45) is 0.671. The van der Waals surface area contributed by atoms with Gasteiger partial charge in [0.25, 0.3) is 5.91 Å². The molecule has 0 heterocycles. The molecule has 4 rings (SSSR count). The van der Waals surface area contributed by atoms with E-state index in [1.54, 1.807) is 51.0 Å². The predicted molar refractivity (Wildman–Crippen MR) is 132 cm³/mol. The van der Waals surface area contributed by atoms with E-state index in [-0.39, 0.29) is 41.7 Å². The number of primary amides is 1. The number of carbonyl (C=O) groups is 4. The SMILES string of the molecule is CCC(=O)c1cc(N(C)C)c2c(c1O)C(O)=C1C(=O)C3C(=O)C(C(N)=O)=C(O)[C@@H](N(C)C)C3CC1C2. The number of rotatable bonds is 5. The number of anilines is 1. The zero-order chi connectivity index (χ0) is 26.8. The second kappa shape index (κ2) is 8.77. The second-order valence-corrected chi connectivity index (χ2v) is 10.1. The van der Waals surface area contributed by atoms with E-state index in [4.69, 9.17) is 5.73 Å². The van der Waals surface area contributed by atoms with Gasteiger partial charge in [0.2, 0.25) is 0 Å². The first-order valence-corrected chi connectivity index (χ1v) is 11.8. The van der Waals surface area contributed by atoms with Crippen LogP contribution in [0, 0.1) is 17.8 Å². The topological polar surface area (TPSA) is 161 Å². The highest BCUT2D eigenvalue weighted by Crippen LogP contribution is 2.52. The Hall–Kier alpha value is -3.66. The predicted octanol–water partition coefficient (Wildman–Crippen LogP) is 1.51. The van der Waals surface area contributed by atoms with Crippen molar-refractivity contribution in [2.24, 2.45) is 23.5 Å². The van der Waals surface area contributed by atoms with Crippen molar-refractivity contribution in [1.82, 2.24) is 4.90 Å². The number of aromatic hydroxyl groups is 1. The number of hydrogen-bond donors (Lipinski definition) is 4. The number of ketones is 3. The Morgan fingerprint density at radius 2 is 1.72 bits per heavy atom. The summed E-state index contributed by atoms with van der Waals surface area (Å²) < 4.78 is 0. The van der Waals surface area contributed by atoms with Gasteiger partial charge in [0, 0.05) is 31.8 Å². The molecule has 0 spiro atoms. The number of nitrogens with two attached hydrogens (primary N) is 1. The van der Waals surface area contributed by atoms with Crippen LogP contribution >= 0.6 is 0 Å². The molecule has 5 N–H and O–H groups in total. The summed E-state index contributed by atoms with van der Waals surface area (Å²) in [4.78, 5) is 55.0. The minimum Gasteiger partial charge on any atom is -0.510 e. The molecule has 36 heavy (non-hydrogen) atoms. The van der Waals surface area contributed by atoms with Gasteiger partial charge in [-0.05, 0) is 50.4 Å². The van der Waals surface area contributed by atoms with Gasteiger partial charge in [-0.25, -0.2) is 0 Å². The Kier molecular flexibility index (Phi) is 6.20. The Balaban J connectivity index is 1.95. The molecule has 1 aromatic carbocycles. The number of Topliss-reactive ketones (excluding diaryl/α,β-unsaturated/α-hetero) is 3. The van der Waals surface area contributed by atoms with Gasteiger partial charge in [-0.2, -0.15) is 0 Å². The number of phenols is 1. The van der Waals surface area contributed by atoms with Crippen LogP contribution in [-0.4, -0.2) is 77.7 Å². The highest BCUT2D eigenvalue weighted by Gasteiger charge is 2.56. The molecule has 3 aliphatic rings. The van der Waals surface area contributed by atoms with Crippen molar-refractivity contribution in [2.45, 2.75) is 32.2 Å². The first kappa shape index (κ1) is 25.4. The Morgan fingerprint density at radius 1 is 1.08 bits per heavy atom. The van der Waals surface area contributed by atoms with E-state index in [2.05, 4.69) is 0 Å². The fraction of sp³-hybridized carbons (Fsp3) is 0.462. The van der Waals surface area contributed by atoms with Crippen LogP contribution in [0.2, 0.25) is 0 Å². The van der Waals surface area contributed by atoms with Gasteiger partial charge in [0.1, 0.15) is 22.8 Å². The summed E-state index contributed by atoms with van der Waals surface area (Å²) in [6, 6.07) is 0.794. The molecular weight excluding hydrogens is 466 g/mol. The number of fused-ring (bicyclic) bond motifs is 3. The molecule has 0 aliphatic heterocycles. The first-order valence-electron chi connectivity index (χ1n) is 11.8. The van der Waals surface area contributed by atoms with Crippen LogP contribution in [0.25, 0.3) is 5.76 Å². The van der Waals surface area contributed by atoms with E-state index in [1.165, 1.54) is 0 Å². The van der Waals surface area contributed by atoms with Crippen molar-refractivity contribution in [3.63, 3.8) is 0 Å². The largest absolute Gasteiger partial charge is 0.510 e. The van der Waals surface area contributed by atoms with Crippen molar-refractivity contribution in [2.75, 3.05) is 33.1 Å². The zero-order valence-corrected chi connectivity index (χ0v) is 21.0. The molecule has 0 saturated heterocycles. The maximum absolute atomic E-state index is 13.8. The minimum atomic E-state index is -1.32. The summed E-state index contributed by atoms with van der Waals surface area (Å²) in [5, 5.41) is 33.2. The van der Waals surface area contributed by atoms with E-state index in [9.17, 15) is 34.5 Å². The second-order valence-electron chi connectivity index (χ2n) is 10.1. The Morgan fingerprint density at radius 3 is 2.25 bits per heavy atom. The molecule has 0 aromatic heterocycles. The Bertz CT molecular complexity index is 1270. The molecule has 0 radical (unpaired) electrons. The number of benzene rings is 1. The molecule has 10 heteroatoms. The van der Waals surface area contributed by atoms with Gasteiger partial charge in [-0.15, -0.1) is 0 Å². The molecule has 1 fully saturated rings. The molecular formula is C26H31N3O7. The van der Waals surface area contributed by atoms with Gasteiger partial charge in [0.15, 0.2) is 17.3 Å². The summed E-state index contributed by atoms with van der Waals surface area (Å²) in [7, 11) is 6.90. The van der Waals surface area contributed by atoms with Crippen molar-refractivity contribution in [3.05, 3.63) is 39.7 Å². The lowest BCUT2D eigenvalue weighted by atomic mass is 9.59. The van der Waals surface area contributed by atoms with Crippen LogP contribution in [0.15, 0.2) is 23.0 Å². The third-order valence-corrected chi connectivity index (χ3v) is 7.64. The number of carbonyl (C=O) groups excluding carboxylic acids is 4. The number of phenolic OH excluding ortho intramolecular Hbond substituents is 1. The average Bonchev–Trinajstić information content (AvgIpc) is 2.77. The van der Waals surface area contributed by atoms with E-state index in [1.807, 2.05) is 0 Å². The van der Waals surface area contributed by atoms with Crippen molar-refractivity contribution in [3.8, 4) is 5.75 Å². The molecule has 192 valence electrons. The Labute approximate surface area is 208 Å². The van der Waals surface area contributed by atoms with E-state index < -0.39 is 64.1 Å². The summed E-state index contributed by atoms with van der Waals surface area (Å²) >= 11 is 0. The zero-order valence-electron chi connectivity index (χ0n) is 21.0. The van der Waals surface area contributed by atoms with Crippen LogP contribution in [0.3, 0.4) is 0 Å². The summed E-state index contributed by atoms with van der Waals surface area (Å²) in [6.45, 7) is 1.66. The van der Waals surface area contributed by atoms with Gasteiger partial charge in [-0.1, -0.05) is 6.92 Å². The molecule has 1 amide bonds. The number of amides is 1. The van der Waals surface area contributed by atoms with E-state index >= 15 is 0 Å². The lowest BCUT2D eigenvalue weighted by Gasteiger charge is -2.46. The van der Waals surface area contributed by atoms with Crippen LogP contribution in [-0.2, 0) is 20.8 Å². The maximum atomic E-state index is 13.8. The highest BCUT2D eigenvalue weighted by molar-refractivity contribution is 6.28. The quantitative estimate of drug-likeness (QED) is 0.268.